The average molecular weight is 308 g/mol. The minimum absolute atomic E-state index is 0.0325. The predicted octanol–water partition coefficient (Wildman–Crippen LogP) is 1.99. The normalized spacial score (nSPS) is 10.7. The number of hydrogen-bond acceptors (Lipinski definition) is 9. The Hall–Kier alpha value is -3.08. The maximum absolute atomic E-state index is 10.9. The molecule has 1 aromatic carbocycles. The number of nitrogens with zero attached hydrogens (tertiary/aromatic N) is 4. The lowest BCUT2D eigenvalue weighted by molar-refractivity contribution is -0.393. The summed E-state index contributed by atoms with van der Waals surface area (Å²) in [5.41, 5.74) is 7.60. The van der Waals surface area contributed by atoms with Crippen LogP contribution in [0.15, 0.2) is 28.7 Å². The van der Waals surface area contributed by atoms with Crippen LogP contribution in [-0.2, 0) is 0 Å². The standard InChI is InChI=1S/C10H8N6O4S/c11-10-13-6(5-21-10)4-12-14-8-2-1-7(15(17)18)3-9(8)16(19)20/h1-5,14H,(H2,11,13). The third kappa shape index (κ3) is 3.48. The maximum Gasteiger partial charge on any atom is 0.301 e. The van der Waals surface area contributed by atoms with E-state index in [4.69, 9.17) is 5.73 Å². The summed E-state index contributed by atoms with van der Waals surface area (Å²) in [5, 5.41) is 27.3. The molecule has 10 nitrogen and oxygen atoms in total. The third-order valence-electron chi connectivity index (χ3n) is 2.31. The van der Waals surface area contributed by atoms with Crippen molar-refractivity contribution in [3.8, 4) is 0 Å². The number of benzene rings is 1. The summed E-state index contributed by atoms with van der Waals surface area (Å²) in [7, 11) is 0. The van der Waals surface area contributed by atoms with Crippen LogP contribution in [0.4, 0.5) is 22.2 Å². The summed E-state index contributed by atoms with van der Waals surface area (Å²) in [6.45, 7) is 0. The fraction of sp³-hybridized carbons (Fsp3) is 0. The lowest BCUT2D eigenvalue weighted by atomic mass is 10.2. The van der Waals surface area contributed by atoms with Gasteiger partial charge in [-0.15, -0.1) is 11.3 Å². The zero-order valence-electron chi connectivity index (χ0n) is 10.3. The first-order valence-electron chi connectivity index (χ1n) is 5.40. The van der Waals surface area contributed by atoms with Gasteiger partial charge in [-0.2, -0.15) is 5.10 Å². The number of hydrogen-bond donors (Lipinski definition) is 2. The van der Waals surface area contributed by atoms with Crippen molar-refractivity contribution in [3.63, 3.8) is 0 Å². The fourth-order valence-corrected chi connectivity index (χ4v) is 1.92. The zero-order valence-corrected chi connectivity index (χ0v) is 11.1. The van der Waals surface area contributed by atoms with Crippen molar-refractivity contribution in [2.75, 3.05) is 11.2 Å². The second-order valence-corrected chi connectivity index (χ2v) is 4.59. The summed E-state index contributed by atoms with van der Waals surface area (Å²) < 4.78 is 0. The first-order chi connectivity index (χ1) is 9.97. The molecule has 1 aromatic heterocycles. The van der Waals surface area contributed by atoms with Gasteiger partial charge in [-0.3, -0.25) is 25.7 Å². The molecule has 0 amide bonds. The molecule has 0 atom stereocenters. The van der Waals surface area contributed by atoms with Crippen LogP contribution in [0.2, 0.25) is 0 Å². The van der Waals surface area contributed by atoms with Gasteiger partial charge < -0.3 is 5.73 Å². The summed E-state index contributed by atoms with van der Waals surface area (Å²) in [4.78, 5) is 24.0. The Labute approximate surface area is 121 Å². The van der Waals surface area contributed by atoms with Gasteiger partial charge in [0.05, 0.1) is 27.8 Å². The van der Waals surface area contributed by atoms with Crippen LogP contribution in [0, 0.1) is 20.2 Å². The minimum Gasteiger partial charge on any atom is -0.375 e. The van der Waals surface area contributed by atoms with E-state index in [0.29, 0.717) is 10.8 Å². The molecule has 11 heteroatoms. The quantitative estimate of drug-likeness (QED) is 0.487. The first-order valence-corrected chi connectivity index (χ1v) is 6.28. The molecule has 2 rings (SSSR count). The second kappa shape index (κ2) is 5.92. The highest BCUT2D eigenvalue weighted by Gasteiger charge is 2.19. The number of nitrogen functional groups attached to an aromatic ring is 1. The topological polar surface area (TPSA) is 150 Å². The van der Waals surface area contributed by atoms with Gasteiger partial charge in [-0.1, -0.05) is 0 Å². The van der Waals surface area contributed by atoms with Gasteiger partial charge in [0, 0.05) is 11.4 Å². The Bertz CT molecular complexity index is 728. The number of aromatic nitrogens is 1. The molecule has 0 spiro atoms. The molecular formula is C10H8N6O4S. The van der Waals surface area contributed by atoms with E-state index in [1.54, 1.807) is 5.38 Å². The molecule has 0 bridgehead atoms. The van der Waals surface area contributed by atoms with Crippen LogP contribution in [0.5, 0.6) is 0 Å². The summed E-state index contributed by atoms with van der Waals surface area (Å²) in [6, 6.07) is 3.22. The molecule has 21 heavy (non-hydrogen) atoms. The molecule has 0 saturated heterocycles. The van der Waals surface area contributed by atoms with E-state index in [0.717, 1.165) is 12.1 Å². The molecule has 1 heterocycles. The number of non-ortho nitro benzene ring substituents is 1. The van der Waals surface area contributed by atoms with Crippen LogP contribution in [0.1, 0.15) is 5.69 Å². The van der Waals surface area contributed by atoms with Gasteiger partial charge >= 0.3 is 5.69 Å². The maximum atomic E-state index is 10.9. The first kappa shape index (κ1) is 14.3. The van der Waals surface area contributed by atoms with Crippen LogP contribution < -0.4 is 11.2 Å². The molecule has 0 radical (unpaired) electrons. The van der Waals surface area contributed by atoms with Crippen molar-refractivity contribution >= 4 is 39.7 Å². The van der Waals surface area contributed by atoms with Crippen molar-refractivity contribution in [2.45, 2.75) is 0 Å². The smallest absolute Gasteiger partial charge is 0.301 e. The Morgan fingerprint density at radius 2 is 2.10 bits per heavy atom. The molecule has 0 aliphatic carbocycles. The van der Waals surface area contributed by atoms with E-state index < -0.39 is 15.5 Å². The molecular weight excluding hydrogens is 300 g/mol. The van der Waals surface area contributed by atoms with Crippen LogP contribution in [-0.4, -0.2) is 21.0 Å². The number of nitro benzene ring substituents is 2. The average Bonchev–Trinajstić information content (AvgIpc) is 2.84. The van der Waals surface area contributed by atoms with E-state index in [-0.39, 0.29) is 11.4 Å². The number of thiazole rings is 1. The van der Waals surface area contributed by atoms with E-state index in [1.165, 1.54) is 23.6 Å². The van der Waals surface area contributed by atoms with Gasteiger partial charge in [0.1, 0.15) is 5.69 Å². The summed E-state index contributed by atoms with van der Waals surface area (Å²) in [6.07, 6.45) is 1.33. The molecule has 0 fully saturated rings. The van der Waals surface area contributed by atoms with E-state index in [9.17, 15) is 20.2 Å². The molecule has 108 valence electrons. The largest absolute Gasteiger partial charge is 0.375 e. The summed E-state index contributed by atoms with van der Waals surface area (Å²) >= 11 is 1.23. The van der Waals surface area contributed by atoms with Crippen LogP contribution in [0.25, 0.3) is 0 Å². The number of nitro groups is 2. The lowest BCUT2D eigenvalue weighted by Gasteiger charge is -2.01. The third-order valence-corrected chi connectivity index (χ3v) is 3.00. The zero-order chi connectivity index (χ0) is 15.4. The molecule has 0 saturated carbocycles. The Kier molecular flexibility index (Phi) is 4.04. The van der Waals surface area contributed by atoms with E-state index in [1.807, 2.05) is 0 Å². The Balaban J connectivity index is 2.21. The Morgan fingerprint density at radius 3 is 2.67 bits per heavy atom. The van der Waals surface area contributed by atoms with Crippen LogP contribution in [0.3, 0.4) is 0 Å². The van der Waals surface area contributed by atoms with Crippen molar-refractivity contribution in [3.05, 3.63) is 49.5 Å². The monoisotopic (exact) mass is 308 g/mol. The number of nitrogens with two attached hydrogens (primary N) is 1. The van der Waals surface area contributed by atoms with Crippen molar-refractivity contribution in [2.24, 2.45) is 5.10 Å². The Morgan fingerprint density at radius 1 is 1.33 bits per heavy atom. The number of nitrogens with one attached hydrogen (secondary N) is 1. The highest BCUT2D eigenvalue weighted by Crippen LogP contribution is 2.28. The lowest BCUT2D eigenvalue weighted by Crippen LogP contribution is -1.98. The van der Waals surface area contributed by atoms with E-state index >= 15 is 0 Å². The predicted molar refractivity (Wildman–Crippen MR) is 77.5 cm³/mol. The second-order valence-electron chi connectivity index (χ2n) is 3.70. The molecule has 0 unspecified atom stereocenters. The van der Waals surface area contributed by atoms with Crippen molar-refractivity contribution in [1.82, 2.24) is 4.98 Å². The molecule has 2 aromatic rings. The van der Waals surface area contributed by atoms with Gasteiger partial charge in [0.15, 0.2) is 5.13 Å². The van der Waals surface area contributed by atoms with Gasteiger partial charge in [0.25, 0.3) is 5.69 Å². The highest BCUT2D eigenvalue weighted by molar-refractivity contribution is 7.13. The molecule has 3 N–H and O–H groups in total. The van der Waals surface area contributed by atoms with Gasteiger partial charge in [-0.25, -0.2) is 4.98 Å². The van der Waals surface area contributed by atoms with E-state index in [2.05, 4.69) is 15.5 Å². The van der Waals surface area contributed by atoms with Gasteiger partial charge in [-0.05, 0) is 6.07 Å². The number of rotatable bonds is 5. The van der Waals surface area contributed by atoms with Crippen molar-refractivity contribution < 1.29 is 9.85 Å². The van der Waals surface area contributed by atoms with Crippen molar-refractivity contribution in [1.29, 1.82) is 0 Å². The number of anilines is 2. The molecule has 0 aliphatic heterocycles. The highest BCUT2D eigenvalue weighted by atomic mass is 32.1. The SMILES string of the molecule is Nc1nc(C=NNc2ccc([N+](=O)[O-])cc2[N+](=O)[O-])cs1. The molecule has 0 aliphatic rings. The van der Waals surface area contributed by atoms with Gasteiger partial charge in [0.2, 0.25) is 0 Å². The number of hydrazone groups is 1. The fourth-order valence-electron chi connectivity index (χ4n) is 1.41. The minimum atomic E-state index is -0.730. The summed E-state index contributed by atoms with van der Waals surface area (Å²) in [5.74, 6) is 0. The van der Waals surface area contributed by atoms with Crippen LogP contribution >= 0.6 is 11.3 Å².